The van der Waals surface area contributed by atoms with Crippen LogP contribution in [0.5, 0.6) is 0 Å². The number of benzene rings is 2. The summed E-state index contributed by atoms with van der Waals surface area (Å²) in [5, 5.41) is 15.5. The average molecular weight is 376 g/mol. The van der Waals surface area contributed by atoms with Crippen LogP contribution in [0.1, 0.15) is 29.8 Å². The minimum atomic E-state index is -1.23. The molecule has 3 rings (SSSR count). The van der Waals surface area contributed by atoms with Gasteiger partial charge in [-0.05, 0) is 23.3 Å². The van der Waals surface area contributed by atoms with E-state index in [2.05, 4.69) is 20.6 Å². The number of rotatable bonds is 6. The molecule has 0 bridgehead atoms. The van der Waals surface area contributed by atoms with Gasteiger partial charge < -0.3 is 15.7 Å². The summed E-state index contributed by atoms with van der Waals surface area (Å²) in [6.45, 7) is 1.42. The van der Waals surface area contributed by atoms with Crippen molar-refractivity contribution >= 4 is 23.3 Å². The Kier molecular flexibility index (Phi) is 6.08. The van der Waals surface area contributed by atoms with Crippen molar-refractivity contribution in [2.24, 2.45) is 0 Å². The van der Waals surface area contributed by atoms with Crippen molar-refractivity contribution in [3.8, 4) is 0 Å². The molecule has 0 aliphatic rings. The SMILES string of the molecule is CC(=O)Nc1cc(Cc2ccc(NC(=O)C(O)c3ccccc3)cc2)ncn1. The summed E-state index contributed by atoms with van der Waals surface area (Å²) >= 11 is 0. The number of nitrogens with zero attached hydrogens (tertiary/aromatic N) is 2. The van der Waals surface area contributed by atoms with Gasteiger partial charge in [-0.25, -0.2) is 9.97 Å². The van der Waals surface area contributed by atoms with Crippen LogP contribution in [0.2, 0.25) is 0 Å². The second-order valence-corrected chi connectivity index (χ2v) is 6.25. The molecule has 0 fully saturated rings. The van der Waals surface area contributed by atoms with Crippen molar-refractivity contribution in [3.63, 3.8) is 0 Å². The van der Waals surface area contributed by atoms with Gasteiger partial charge in [0.1, 0.15) is 12.1 Å². The van der Waals surface area contributed by atoms with Crippen LogP contribution < -0.4 is 10.6 Å². The van der Waals surface area contributed by atoms with E-state index >= 15 is 0 Å². The third-order valence-corrected chi connectivity index (χ3v) is 4.00. The number of anilines is 2. The molecule has 0 radical (unpaired) electrons. The standard InChI is InChI=1S/C21H20N4O3/c1-14(26)24-19-12-18(22-13-23-19)11-15-7-9-17(10-8-15)25-21(28)20(27)16-5-3-2-4-6-16/h2-10,12-13,20,27H,11H2,1H3,(H,25,28)(H,22,23,24,26). The van der Waals surface area contributed by atoms with Gasteiger partial charge in [0.15, 0.2) is 6.10 Å². The first-order valence-electron chi connectivity index (χ1n) is 8.72. The number of aromatic nitrogens is 2. The predicted octanol–water partition coefficient (Wildman–Crippen LogP) is 2.70. The largest absolute Gasteiger partial charge is 0.378 e. The molecule has 0 aliphatic heterocycles. The Labute approximate surface area is 162 Å². The fourth-order valence-electron chi connectivity index (χ4n) is 2.66. The molecular formula is C21H20N4O3. The van der Waals surface area contributed by atoms with E-state index in [4.69, 9.17) is 0 Å². The van der Waals surface area contributed by atoms with Gasteiger partial charge in [0.2, 0.25) is 5.91 Å². The molecule has 1 heterocycles. The highest BCUT2D eigenvalue weighted by Gasteiger charge is 2.16. The molecule has 142 valence electrons. The first kappa shape index (κ1) is 19.2. The van der Waals surface area contributed by atoms with Gasteiger partial charge >= 0.3 is 0 Å². The van der Waals surface area contributed by atoms with E-state index in [9.17, 15) is 14.7 Å². The van der Waals surface area contributed by atoms with E-state index in [-0.39, 0.29) is 5.91 Å². The van der Waals surface area contributed by atoms with Gasteiger partial charge in [0.05, 0.1) is 5.69 Å². The highest BCUT2D eigenvalue weighted by atomic mass is 16.3. The molecule has 1 atom stereocenters. The second-order valence-electron chi connectivity index (χ2n) is 6.25. The number of carbonyl (C=O) groups is 2. The number of hydrogen-bond donors (Lipinski definition) is 3. The maximum Gasteiger partial charge on any atom is 0.257 e. The van der Waals surface area contributed by atoms with Crippen molar-refractivity contribution in [3.05, 3.63) is 83.8 Å². The smallest absolute Gasteiger partial charge is 0.257 e. The zero-order valence-corrected chi connectivity index (χ0v) is 15.3. The fourth-order valence-corrected chi connectivity index (χ4v) is 2.66. The Balaban J connectivity index is 1.62. The van der Waals surface area contributed by atoms with Crippen molar-refractivity contribution in [2.75, 3.05) is 10.6 Å². The summed E-state index contributed by atoms with van der Waals surface area (Å²) in [6.07, 6.45) is 0.727. The zero-order chi connectivity index (χ0) is 19.9. The molecule has 28 heavy (non-hydrogen) atoms. The molecule has 0 aliphatic carbocycles. The number of aliphatic hydroxyl groups excluding tert-OH is 1. The van der Waals surface area contributed by atoms with Crippen LogP contribution in [0, 0.1) is 0 Å². The summed E-state index contributed by atoms with van der Waals surface area (Å²) in [5.74, 6) is -0.228. The predicted molar refractivity (Wildman–Crippen MR) is 106 cm³/mol. The van der Waals surface area contributed by atoms with E-state index in [0.717, 1.165) is 11.3 Å². The molecule has 1 aromatic heterocycles. The van der Waals surface area contributed by atoms with Gasteiger partial charge in [-0.1, -0.05) is 42.5 Å². The minimum absolute atomic E-state index is 0.192. The summed E-state index contributed by atoms with van der Waals surface area (Å²) in [6, 6.07) is 17.7. The van der Waals surface area contributed by atoms with Crippen molar-refractivity contribution < 1.29 is 14.7 Å². The monoisotopic (exact) mass is 376 g/mol. The highest BCUT2D eigenvalue weighted by Crippen LogP contribution is 2.17. The van der Waals surface area contributed by atoms with Crippen LogP contribution in [0.3, 0.4) is 0 Å². The third kappa shape index (κ3) is 5.21. The lowest BCUT2D eigenvalue weighted by atomic mass is 10.1. The molecule has 7 heteroatoms. The molecule has 2 aromatic carbocycles. The van der Waals surface area contributed by atoms with E-state index in [1.807, 2.05) is 18.2 Å². The van der Waals surface area contributed by atoms with Gasteiger partial charge in [0.25, 0.3) is 5.91 Å². The zero-order valence-electron chi connectivity index (χ0n) is 15.3. The average Bonchev–Trinajstić information content (AvgIpc) is 2.69. The Morgan fingerprint density at radius 1 is 1.00 bits per heavy atom. The number of carbonyl (C=O) groups excluding carboxylic acids is 2. The van der Waals surface area contributed by atoms with E-state index in [1.54, 1.807) is 42.5 Å². The summed E-state index contributed by atoms with van der Waals surface area (Å²) in [5.41, 5.74) is 2.87. The maximum absolute atomic E-state index is 12.2. The number of nitrogens with one attached hydrogen (secondary N) is 2. The van der Waals surface area contributed by atoms with Gasteiger partial charge in [-0.2, -0.15) is 0 Å². The number of hydrogen-bond acceptors (Lipinski definition) is 5. The van der Waals surface area contributed by atoms with Crippen molar-refractivity contribution in [2.45, 2.75) is 19.4 Å². The van der Waals surface area contributed by atoms with E-state index in [0.29, 0.717) is 23.5 Å². The summed E-state index contributed by atoms with van der Waals surface area (Å²) in [7, 11) is 0. The fraction of sp³-hybridized carbons (Fsp3) is 0.143. The first-order chi connectivity index (χ1) is 13.5. The maximum atomic E-state index is 12.2. The first-order valence-corrected chi connectivity index (χ1v) is 8.72. The molecule has 0 saturated carbocycles. The Morgan fingerprint density at radius 3 is 2.39 bits per heavy atom. The van der Waals surface area contributed by atoms with Gasteiger partial charge in [0, 0.05) is 25.1 Å². The number of aliphatic hydroxyl groups is 1. The van der Waals surface area contributed by atoms with Crippen LogP contribution in [-0.4, -0.2) is 26.9 Å². The Morgan fingerprint density at radius 2 is 1.71 bits per heavy atom. The highest BCUT2D eigenvalue weighted by molar-refractivity contribution is 5.94. The lowest BCUT2D eigenvalue weighted by Gasteiger charge is -2.12. The molecule has 2 amide bonds. The molecule has 0 spiro atoms. The summed E-state index contributed by atoms with van der Waals surface area (Å²) in [4.78, 5) is 31.5. The third-order valence-electron chi connectivity index (χ3n) is 4.00. The van der Waals surface area contributed by atoms with Crippen molar-refractivity contribution in [1.29, 1.82) is 0 Å². The normalized spacial score (nSPS) is 11.5. The molecule has 7 nitrogen and oxygen atoms in total. The van der Waals surface area contributed by atoms with E-state index < -0.39 is 12.0 Å². The van der Waals surface area contributed by atoms with Crippen LogP contribution in [-0.2, 0) is 16.0 Å². The second kappa shape index (κ2) is 8.88. The molecular weight excluding hydrogens is 356 g/mol. The lowest BCUT2D eigenvalue weighted by Crippen LogP contribution is -2.20. The van der Waals surface area contributed by atoms with Gasteiger partial charge in [-0.15, -0.1) is 0 Å². The van der Waals surface area contributed by atoms with Crippen LogP contribution >= 0.6 is 0 Å². The lowest BCUT2D eigenvalue weighted by molar-refractivity contribution is -0.124. The van der Waals surface area contributed by atoms with Gasteiger partial charge in [-0.3, -0.25) is 9.59 Å². The molecule has 0 saturated heterocycles. The summed E-state index contributed by atoms with van der Waals surface area (Å²) < 4.78 is 0. The number of amides is 2. The Bertz CT molecular complexity index is 959. The molecule has 3 N–H and O–H groups in total. The quantitative estimate of drug-likeness (QED) is 0.614. The molecule has 1 unspecified atom stereocenters. The Hall–Kier alpha value is -3.58. The van der Waals surface area contributed by atoms with Crippen LogP contribution in [0.4, 0.5) is 11.5 Å². The van der Waals surface area contributed by atoms with Crippen LogP contribution in [0.15, 0.2) is 67.0 Å². The molecule has 3 aromatic rings. The van der Waals surface area contributed by atoms with Crippen LogP contribution in [0.25, 0.3) is 0 Å². The minimum Gasteiger partial charge on any atom is -0.378 e. The van der Waals surface area contributed by atoms with E-state index in [1.165, 1.54) is 13.3 Å². The topological polar surface area (TPSA) is 104 Å². The van der Waals surface area contributed by atoms with Crippen molar-refractivity contribution in [1.82, 2.24) is 9.97 Å².